The van der Waals surface area contributed by atoms with Crippen LogP contribution in [0.4, 0.5) is 0 Å². The van der Waals surface area contributed by atoms with E-state index in [1.165, 1.54) is 0 Å². The molecule has 0 saturated heterocycles. The Morgan fingerprint density at radius 3 is 2.17 bits per heavy atom. The van der Waals surface area contributed by atoms with E-state index in [4.69, 9.17) is 10.2 Å². The summed E-state index contributed by atoms with van der Waals surface area (Å²) in [5.41, 5.74) is 0. The Bertz CT molecular complexity index is 190. The van der Waals surface area contributed by atoms with Crippen LogP contribution in [0.3, 0.4) is 0 Å². The maximum Gasteiger partial charge on any atom is 0.211 e. The molecule has 0 heterocycles. The van der Waals surface area contributed by atoms with Crippen LogP contribution >= 0.6 is 0 Å². The first-order valence-electron chi connectivity index (χ1n) is 3.81. The number of aliphatic hydroxyl groups excluding tert-OH is 2. The second-order valence-electron chi connectivity index (χ2n) is 2.37. The minimum Gasteiger partial charge on any atom is -0.396 e. The van der Waals surface area contributed by atoms with Crippen LogP contribution in [0.25, 0.3) is 0 Å². The Balaban J connectivity index is 3.58. The number of rotatable bonds is 7. The fourth-order valence-corrected chi connectivity index (χ4v) is 1.74. The third-order valence-electron chi connectivity index (χ3n) is 1.23. The Labute approximate surface area is 72.5 Å². The molecule has 0 bridgehead atoms. The lowest BCUT2D eigenvalue weighted by molar-refractivity contribution is 0.288. The maximum atomic E-state index is 11.0. The molecule has 12 heavy (non-hydrogen) atoms. The Morgan fingerprint density at radius 2 is 1.67 bits per heavy atom. The second kappa shape index (κ2) is 6.36. The standard InChI is InChI=1S/C6H15NO4S/c8-4-1-3-7-12(10,11)6-2-5-9/h7-9H,1-6H2. The molecule has 6 heteroatoms. The zero-order chi connectivity index (χ0) is 9.45. The van der Waals surface area contributed by atoms with Crippen molar-refractivity contribution in [3.8, 4) is 0 Å². The number of hydrogen-bond acceptors (Lipinski definition) is 4. The Morgan fingerprint density at radius 1 is 1.08 bits per heavy atom. The molecule has 0 saturated carbocycles. The van der Waals surface area contributed by atoms with E-state index in [0.717, 1.165) is 0 Å². The van der Waals surface area contributed by atoms with Gasteiger partial charge in [-0.05, 0) is 12.8 Å². The molecular formula is C6H15NO4S. The van der Waals surface area contributed by atoms with Crippen molar-refractivity contribution in [3.05, 3.63) is 0 Å². The summed E-state index contributed by atoms with van der Waals surface area (Å²) in [5, 5.41) is 16.7. The predicted octanol–water partition coefficient (Wildman–Crippen LogP) is -1.33. The quantitative estimate of drug-likeness (QED) is 0.441. The van der Waals surface area contributed by atoms with Gasteiger partial charge >= 0.3 is 0 Å². The summed E-state index contributed by atoms with van der Waals surface area (Å²) in [7, 11) is -3.24. The number of nitrogens with one attached hydrogen (secondary N) is 1. The van der Waals surface area contributed by atoms with Gasteiger partial charge in [0.15, 0.2) is 0 Å². The summed E-state index contributed by atoms with van der Waals surface area (Å²) in [5.74, 6) is -0.0606. The smallest absolute Gasteiger partial charge is 0.211 e. The van der Waals surface area contributed by atoms with Crippen molar-refractivity contribution in [1.82, 2.24) is 4.72 Å². The zero-order valence-electron chi connectivity index (χ0n) is 6.86. The minimum atomic E-state index is -3.24. The Hall–Kier alpha value is -0.170. The lowest BCUT2D eigenvalue weighted by Crippen LogP contribution is -2.28. The van der Waals surface area contributed by atoms with Gasteiger partial charge < -0.3 is 10.2 Å². The summed E-state index contributed by atoms with van der Waals surface area (Å²) in [6, 6.07) is 0. The lowest BCUT2D eigenvalue weighted by Gasteiger charge is -2.03. The molecule has 0 aliphatic heterocycles. The summed E-state index contributed by atoms with van der Waals surface area (Å²) >= 11 is 0. The van der Waals surface area contributed by atoms with Crippen LogP contribution in [-0.4, -0.2) is 44.1 Å². The van der Waals surface area contributed by atoms with Gasteiger partial charge in [-0.2, -0.15) is 0 Å². The van der Waals surface area contributed by atoms with Crippen molar-refractivity contribution in [3.63, 3.8) is 0 Å². The highest BCUT2D eigenvalue weighted by molar-refractivity contribution is 7.89. The predicted molar refractivity (Wildman–Crippen MR) is 45.2 cm³/mol. The van der Waals surface area contributed by atoms with Crippen molar-refractivity contribution < 1.29 is 18.6 Å². The largest absolute Gasteiger partial charge is 0.396 e. The van der Waals surface area contributed by atoms with E-state index in [1.54, 1.807) is 0 Å². The summed E-state index contributed by atoms with van der Waals surface area (Å²) in [4.78, 5) is 0. The van der Waals surface area contributed by atoms with Crippen molar-refractivity contribution in [2.24, 2.45) is 0 Å². The SMILES string of the molecule is O=S(=O)(CCCO)NCCCO. The van der Waals surface area contributed by atoms with Gasteiger partial charge in [0, 0.05) is 19.8 Å². The van der Waals surface area contributed by atoms with E-state index < -0.39 is 10.0 Å². The molecule has 0 fully saturated rings. The van der Waals surface area contributed by atoms with E-state index in [2.05, 4.69) is 4.72 Å². The van der Waals surface area contributed by atoms with E-state index >= 15 is 0 Å². The van der Waals surface area contributed by atoms with Crippen molar-refractivity contribution in [2.45, 2.75) is 12.8 Å². The van der Waals surface area contributed by atoms with Gasteiger partial charge in [-0.3, -0.25) is 0 Å². The van der Waals surface area contributed by atoms with Crippen molar-refractivity contribution in [1.29, 1.82) is 0 Å². The average Bonchev–Trinajstić information content (AvgIpc) is 2.01. The first-order valence-corrected chi connectivity index (χ1v) is 5.46. The van der Waals surface area contributed by atoms with E-state index in [0.29, 0.717) is 6.42 Å². The van der Waals surface area contributed by atoms with Crippen molar-refractivity contribution >= 4 is 10.0 Å². The molecule has 0 aromatic rings. The minimum absolute atomic E-state index is 0.0253. The molecule has 5 nitrogen and oxygen atoms in total. The molecule has 0 aliphatic carbocycles. The number of aliphatic hydroxyl groups is 2. The van der Waals surface area contributed by atoms with Gasteiger partial charge in [0.05, 0.1) is 5.75 Å². The van der Waals surface area contributed by atoms with Crippen LogP contribution in [-0.2, 0) is 10.0 Å². The second-order valence-corrected chi connectivity index (χ2v) is 4.29. The first-order chi connectivity index (χ1) is 5.62. The lowest BCUT2D eigenvalue weighted by atomic mass is 10.5. The van der Waals surface area contributed by atoms with Gasteiger partial charge in [-0.15, -0.1) is 0 Å². The van der Waals surface area contributed by atoms with Gasteiger partial charge in [0.2, 0.25) is 10.0 Å². The van der Waals surface area contributed by atoms with Gasteiger partial charge in [0.25, 0.3) is 0 Å². The topological polar surface area (TPSA) is 86.6 Å². The van der Waals surface area contributed by atoms with Crippen LogP contribution in [0.5, 0.6) is 0 Å². The molecule has 74 valence electrons. The van der Waals surface area contributed by atoms with E-state index in [1.807, 2.05) is 0 Å². The molecule has 3 N–H and O–H groups in total. The highest BCUT2D eigenvalue weighted by Gasteiger charge is 2.07. The molecule has 0 radical (unpaired) electrons. The molecule has 0 rings (SSSR count). The van der Waals surface area contributed by atoms with Gasteiger partial charge in [-0.1, -0.05) is 0 Å². The molecule has 0 aliphatic rings. The molecule has 0 spiro atoms. The third kappa shape index (κ3) is 6.53. The number of hydrogen-bond donors (Lipinski definition) is 3. The highest BCUT2D eigenvalue weighted by atomic mass is 32.2. The molecular weight excluding hydrogens is 182 g/mol. The molecule has 0 unspecified atom stereocenters. The fraction of sp³-hybridized carbons (Fsp3) is 1.00. The average molecular weight is 197 g/mol. The Kier molecular flexibility index (Phi) is 6.27. The fourth-order valence-electron chi connectivity index (χ4n) is 0.633. The van der Waals surface area contributed by atoms with Gasteiger partial charge in [0.1, 0.15) is 0 Å². The van der Waals surface area contributed by atoms with E-state index in [9.17, 15) is 8.42 Å². The van der Waals surface area contributed by atoms with Crippen LogP contribution in [0, 0.1) is 0 Å². The summed E-state index contributed by atoms with van der Waals surface area (Å²) in [6.45, 7) is 0.105. The third-order valence-corrected chi connectivity index (χ3v) is 2.70. The van der Waals surface area contributed by atoms with Gasteiger partial charge in [-0.25, -0.2) is 13.1 Å². The van der Waals surface area contributed by atoms with Crippen LogP contribution < -0.4 is 4.72 Å². The first kappa shape index (κ1) is 11.8. The van der Waals surface area contributed by atoms with Crippen LogP contribution in [0.2, 0.25) is 0 Å². The van der Waals surface area contributed by atoms with Crippen LogP contribution in [0.1, 0.15) is 12.8 Å². The highest BCUT2D eigenvalue weighted by Crippen LogP contribution is 1.88. The molecule has 0 amide bonds. The number of sulfonamides is 1. The zero-order valence-corrected chi connectivity index (χ0v) is 7.68. The molecule has 0 aromatic carbocycles. The summed E-state index contributed by atoms with van der Waals surface area (Å²) in [6.07, 6.45) is 0.660. The van der Waals surface area contributed by atoms with E-state index in [-0.39, 0.29) is 31.9 Å². The van der Waals surface area contributed by atoms with Crippen LogP contribution in [0.15, 0.2) is 0 Å². The van der Waals surface area contributed by atoms with Crippen molar-refractivity contribution in [2.75, 3.05) is 25.5 Å². The maximum absolute atomic E-state index is 11.0. The normalized spacial score (nSPS) is 11.8. The monoisotopic (exact) mass is 197 g/mol. The molecule has 0 atom stereocenters. The molecule has 0 aromatic heterocycles. The summed E-state index contributed by atoms with van der Waals surface area (Å²) < 4.78 is 24.2.